The molecule has 2 rings (SSSR count). The smallest absolute Gasteiger partial charge is 0.151 e. The van der Waals surface area contributed by atoms with Gasteiger partial charge < -0.3 is 5.11 Å². The molecule has 2 aromatic rings. The zero-order chi connectivity index (χ0) is 17.6. The monoisotopic (exact) mass is 318 g/mol. The van der Waals surface area contributed by atoms with E-state index >= 15 is 0 Å². The van der Waals surface area contributed by atoms with E-state index in [1.54, 1.807) is 0 Å². The molecule has 1 unspecified atom stereocenters. The lowest BCUT2D eigenvalue weighted by Crippen LogP contribution is -2.24. The Morgan fingerprint density at radius 2 is 1.54 bits per heavy atom. The van der Waals surface area contributed by atoms with E-state index in [1.165, 1.54) is 5.56 Å². The highest BCUT2D eigenvalue weighted by Gasteiger charge is 2.26. The normalized spacial score (nSPS) is 13.5. The third-order valence-electron chi connectivity index (χ3n) is 4.13. The molecule has 0 aliphatic rings. The number of allylic oxidation sites excluding steroid dienone is 1. The van der Waals surface area contributed by atoms with Gasteiger partial charge in [-0.3, -0.25) is 0 Å². The zero-order valence-electron chi connectivity index (χ0n) is 14.8. The van der Waals surface area contributed by atoms with Gasteiger partial charge in [-0.05, 0) is 41.5 Å². The number of benzene rings is 2. The summed E-state index contributed by atoms with van der Waals surface area (Å²) in [6.45, 7) is 10.3. The van der Waals surface area contributed by atoms with E-state index in [4.69, 9.17) is 0 Å². The predicted octanol–water partition coefficient (Wildman–Crippen LogP) is 5.19. The molecular weight excluding hydrogens is 292 g/mol. The van der Waals surface area contributed by atoms with Crippen LogP contribution in [-0.4, -0.2) is 5.11 Å². The summed E-state index contributed by atoms with van der Waals surface area (Å²) in [4.78, 5) is 0. The van der Waals surface area contributed by atoms with Gasteiger partial charge in [-0.1, -0.05) is 81.2 Å². The molecule has 1 nitrogen and oxygen atoms in total. The van der Waals surface area contributed by atoms with Crippen molar-refractivity contribution in [3.05, 3.63) is 83.9 Å². The number of aliphatic hydroxyl groups is 1. The average Bonchev–Trinajstić information content (AvgIpc) is 2.58. The van der Waals surface area contributed by atoms with E-state index in [0.29, 0.717) is 12.8 Å². The van der Waals surface area contributed by atoms with Gasteiger partial charge in [-0.15, -0.1) is 6.58 Å². The maximum atomic E-state index is 11.1. The van der Waals surface area contributed by atoms with Gasteiger partial charge in [0, 0.05) is 5.56 Å². The predicted molar refractivity (Wildman–Crippen MR) is 102 cm³/mol. The molecule has 0 aliphatic carbocycles. The van der Waals surface area contributed by atoms with Crippen molar-refractivity contribution in [3.8, 4) is 11.8 Å². The summed E-state index contributed by atoms with van der Waals surface area (Å²) in [6, 6.07) is 17.9. The molecule has 0 saturated carbocycles. The highest BCUT2D eigenvalue weighted by molar-refractivity contribution is 5.41. The Bertz CT molecular complexity index is 724. The summed E-state index contributed by atoms with van der Waals surface area (Å²) in [6.07, 6.45) is 3.06. The molecule has 0 aliphatic heterocycles. The minimum atomic E-state index is -1.17. The summed E-state index contributed by atoms with van der Waals surface area (Å²) < 4.78 is 0. The van der Waals surface area contributed by atoms with Crippen LogP contribution < -0.4 is 0 Å². The molecule has 0 heterocycles. The van der Waals surface area contributed by atoms with E-state index in [1.807, 2.05) is 48.5 Å². The van der Waals surface area contributed by atoms with Gasteiger partial charge in [0.05, 0.1) is 0 Å². The Hall–Kier alpha value is -2.30. The van der Waals surface area contributed by atoms with Crippen LogP contribution in [0.5, 0.6) is 0 Å². The maximum Gasteiger partial charge on any atom is 0.151 e. The molecular formula is C23H26O. The van der Waals surface area contributed by atoms with Gasteiger partial charge >= 0.3 is 0 Å². The van der Waals surface area contributed by atoms with Crippen LogP contribution in [0.25, 0.3) is 0 Å². The average molecular weight is 318 g/mol. The van der Waals surface area contributed by atoms with Crippen molar-refractivity contribution in [1.82, 2.24) is 0 Å². The lowest BCUT2D eigenvalue weighted by Gasteiger charge is -2.25. The van der Waals surface area contributed by atoms with Gasteiger partial charge in [-0.2, -0.15) is 0 Å². The molecule has 0 saturated heterocycles. The van der Waals surface area contributed by atoms with Crippen LogP contribution >= 0.6 is 0 Å². The first-order valence-corrected chi connectivity index (χ1v) is 8.38. The van der Waals surface area contributed by atoms with Crippen LogP contribution in [0.3, 0.4) is 0 Å². The number of hydrogen-bond acceptors (Lipinski definition) is 1. The van der Waals surface area contributed by atoms with E-state index in [-0.39, 0.29) is 5.41 Å². The maximum absolute atomic E-state index is 11.1. The van der Waals surface area contributed by atoms with Crippen LogP contribution in [-0.2, 0) is 11.0 Å². The van der Waals surface area contributed by atoms with Crippen molar-refractivity contribution < 1.29 is 5.11 Å². The Morgan fingerprint density at radius 1 is 0.958 bits per heavy atom. The van der Waals surface area contributed by atoms with Crippen LogP contribution in [0, 0.1) is 11.8 Å². The Morgan fingerprint density at radius 3 is 2.08 bits per heavy atom. The summed E-state index contributed by atoms with van der Waals surface area (Å²) in [5, 5.41) is 11.1. The molecule has 124 valence electrons. The first kappa shape index (κ1) is 18.0. The van der Waals surface area contributed by atoms with Gasteiger partial charge in [0.15, 0.2) is 5.60 Å². The SMILES string of the molecule is C=CCCC(O)(C#Cc1ccccc1)c1ccc(C(C)(C)C)cc1. The van der Waals surface area contributed by atoms with Crippen LogP contribution in [0.15, 0.2) is 67.3 Å². The fourth-order valence-electron chi connectivity index (χ4n) is 2.53. The molecule has 0 radical (unpaired) electrons. The Balaban J connectivity index is 2.37. The molecule has 2 aromatic carbocycles. The van der Waals surface area contributed by atoms with E-state index in [2.05, 4.69) is 51.3 Å². The molecule has 1 N–H and O–H groups in total. The first-order chi connectivity index (χ1) is 11.3. The molecule has 0 aromatic heterocycles. The molecule has 0 bridgehead atoms. The molecule has 0 fully saturated rings. The fraction of sp³-hybridized carbons (Fsp3) is 0.304. The Labute approximate surface area is 146 Å². The lowest BCUT2D eigenvalue weighted by molar-refractivity contribution is 0.0914. The molecule has 1 atom stereocenters. The van der Waals surface area contributed by atoms with Crippen LogP contribution in [0.2, 0.25) is 0 Å². The highest BCUT2D eigenvalue weighted by Crippen LogP contribution is 2.29. The quantitative estimate of drug-likeness (QED) is 0.607. The second-order valence-corrected chi connectivity index (χ2v) is 7.13. The summed E-state index contributed by atoms with van der Waals surface area (Å²) >= 11 is 0. The molecule has 0 spiro atoms. The molecule has 1 heteroatoms. The highest BCUT2D eigenvalue weighted by atomic mass is 16.3. The minimum Gasteiger partial charge on any atom is -0.373 e. The van der Waals surface area contributed by atoms with E-state index < -0.39 is 5.60 Å². The van der Waals surface area contributed by atoms with Gasteiger partial charge in [0.1, 0.15) is 0 Å². The topological polar surface area (TPSA) is 20.2 Å². The molecule has 0 amide bonds. The Kier molecular flexibility index (Phi) is 5.65. The van der Waals surface area contributed by atoms with Crippen molar-refractivity contribution in [2.75, 3.05) is 0 Å². The third kappa shape index (κ3) is 4.60. The van der Waals surface area contributed by atoms with Crippen LogP contribution in [0.4, 0.5) is 0 Å². The summed E-state index contributed by atoms with van der Waals surface area (Å²) in [5.74, 6) is 6.18. The minimum absolute atomic E-state index is 0.0908. The second-order valence-electron chi connectivity index (χ2n) is 7.13. The number of rotatable bonds is 4. The van der Waals surface area contributed by atoms with E-state index in [9.17, 15) is 5.11 Å². The first-order valence-electron chi connectivity index (χ1n) is 8.38. The van der Waals surface area contributed by atoms with Gasteiger partial charge in [0.2, 0.25) is 0 Å². The largest absolute Gasteiger partial charge is 0.373 e. The van der Waals surface area contributed by atoms with Crippen molar-refractivity contribution in [3.63, 3.8) is 0 Å². The number of hydrogen-bond donors (Lipinski definition) is 1. The summed E-state index contributed by atoms with van der Waals surface area (Å²) in [5.41, 5.74) is 1.91. The molecule has 24 heavy (non-hydrogen) atoms. The van der Waals surface area contributed by atoms with Gasteiger partial charge in [0.25, 0.3) is 0 Å². The van der Waals surface area contributed by atoms with Crippen LogP contribution in [0.1, 0.15) is 50.3 Å². The lowest BCUT2D eigenvalue weighted by atomic mass is 9.83. The van der Waals surface area contributed by atoms with Crippen molar-refractivity contribution in [2.24, 2.45) is 0 Å². The summed E-state index contributed by atoms with van der Waals surface area (Å²) in [7, 11) is 0. The van der Waals surface area contributed by atoms with Crippen molar-refractivity contribution in [2.45, 2.75) is 44.6 Å². The second kappa shape index (κ2) is 7.51. The van der Waals surface area contributed by atoms with E-state index in [0.717, 1.165) is 11.1 Å². The zero-order valence-corrected chi connectivity index (χ0v) is 14.8. The van der Waals surface area contributed by atoms with Gasteiger partial charge in [-0.25, -0.2) is 0 Å². The van der Waals surface area contributed by atoms with Crippen molar-refractivity contribution in [1.29, 1.82) is 0 Å². The third-order valence-corrected chi connectivity index (χ3v) is 4.13. The fourth-order valence-corrected chi connectivity index (χ4v) is 2.53. The van der Waals surface area contributed by atoms with Crippen molar-refractivity contribution >= 4 is 0 Å². The standard InChI is InChI=1S/C23H26O/c1-5-6-17-23(24,18-16-19-10-8-7-9-11-19)21-14-12-20(13-15-21)22(2,3)4/h5,7-15,24H,1,6,17H2,2-4H3.